The van der Waals surface area contributed by atoms with Gasteiger partial charge in [-0.2, -0.15) is 4.73 Å². The lowest BCUT2D eigenvalue weighted by Crippen LogP contribution is -2.35. The number of ether oxygens (including phenoxy) is 1. The molecule has 0 atom stereocenters. The Morgan fingerprint density at radius 1 is 1.30 bits per heavy atom. The second-order valence-electron chi connectivity index (χ2n) is 4.97. The summed E-state index contributed by atoms with van der Waals surface area (Å²) in [5.74, 6) is -1.41. The molecule has 1 amide bonds. The first kappa shape index (κ1) is 16.8. The number of nitrogens with zero attached hydrogens (tertiary/aromatic N) is 1. The summed E-state index contributed by atoms with van der Waals surface area (Å²) >= 11 is 6.09. The van der Waals surface area contributed by atoms with Crippen LogP contribution in [-0.4, -0.2) is 18.5 Å². The van der Waals surface area contributed by atoms with Crippen molar-refractivity contribution in [3.05, 3.63) is 63.6 Å². The molecule has 1 heterocycles. The normalized spacial score (nSPS) is 10.2. The number of hydrogen-bond donors (Lipinski definition) is 1. The third-order valence-electron chi connectivity index (χ3n) is 3.06. The lowest BCUT2D eigenvalue weighted by atomic mass is 10.1. The molecule has 0 spiro atoms. The standard InChI is InChI=1S/C16H15ClN2O4/c1-10-7-11(2)15(12(17)8-10)18-14(20)9-23-16(21)13-5-3-4-6-19(13)22/h3-8H,9H2,1-2H3,(H,18,20). The van der Waals surface area contributed by atoms with Crippen LogP contribution in [0, 0.1) is 19.1 Å². The van der Waals surface area contributed by atoms with Gasteiger partial charge in [0.15, 0.2) is 12.8 Å². The molecular weight excluding hydrogens is 320 g/mol. The Balaban J connectivity index is 1.99. The molecule has 1 N–H and O–H groups in total. The molecule has 2 rings (SSSR count). The molecule has 0 aliphatic carbocycles. The molecule has 0 saturated carbocycles. The zero-order valence-corrected chi connectivity index (χ0v) is 13.4. The first-order chi connectivity index (χ1) is 10.9. The van der Waals surface area contributed by atoms with Gasteiger partial charge in [0.25, 0.3) is 5.91 Å². The van der Waals surface area contributed by atoms with Crippen molar-refractivity contribution < 1.29 is 19.1 Å². The molecule has 1 aromatic carbocycles. The number of hydrogen-bond acceptors (Lipinski definition) is 4. The smallest absolute Gasteiger partial charge is 0.405 e. The summed E-state index contributed by atoms with van der Waals surface area (Å²) in [5, 5.41) is 14.4. The molecule has 0 saturated heterocycles. The fourth-order valence-electron chi connectivity index (χ4n) is 2.04. The Morgan fingerprint density at radius 3 is 2.70 bits per heavy atom. The average Bonchev–Trinajstić information content (AvgIpc) is 2.49. The van der Waals surface area contributed by atoms with E-state index in [1.807, 2.05) is 19.9 Å². The third-order valence-corrected chi connectivity index (χ3v) is 3.36. The van der Waals surface area contributed by atoms with Crippen molar-refractivity contribution in [1.82, 2.24) is 0 Å². The van der Waals surface area contributed by atoms with Crippen molar-refractivity contribution in [3.8, 4) is 0 Å². The van der Waals surface area contributed by atoms with Crippen molar-refractivity contribution in [3.63, 3.8) is 0 Å². The summed E-state index contributed by atoms with van der Waals surface area (Å²) in [4.78, 5) is 23.6. The molecule has 0 fully saturated rings. The van der Waals surface area contributed by atoms with E-state index in [2.05, 4.69) is 5.32 Å². The van der Waals surface area contributed by atoms with Gasteiger partial charge in [0.2, 0.25) is 0 Å². The lowest BCUT2D eigenvalue weighted by molar-refractivity contribution is -0.608. The monoisotopic (exact) mass is 334 g/mol. The van der Waals surface area contributed by atoms with E-state index in [0.29, 0.717) is 15.4 Å². The summed E-state index contributed by atoms with van der Waals surface area (Å²) in [6.07, 6.45) is 1.17. The summed E-state index contributed by atoms with van der Waals surface area (Å²) in [6.45, 7) is 3.19. The molecule has 0 radical (unpaired) electrons. The molecule has 6 nitrogen and oxygen atoms in total. The van der Waals surface area contributed by atoms with Gasteiger partial charge in [0, 0.05) is 12.1 Å². The van der Waals surface area contributed by atoms with Crippen LogP contribution in [0.4, 0.5) is 5.69 Å². The van der Waals surface area contributed by atoms with Gasteiger partial charge >= 0.3 is 11.7 Å². The summed E-state index contributed by atoms with van der Waals surface area (Å²) in [6, 6.07) is 7.92. The largest absolute Gasteiger partial charge is 0.618 e. The van der Waals surface area contributed by atoms with Gasteiger partial charge in [-0.15, -0.1) is 0 Å². The molecule has 120 valence electrons. The van der Waals surface area contributed by atoms with Crippen LogP contribution < -0.4 is 10.0 Å². The minimum Gasteiger partial charge on any atom is -0.618 e. The van der Waals surface area contributed by atoms with Crippen LogP contribution in [0.2, 0.25) is 5.02 Å². The maximum atomic E-state index is 11.9. The number of anilines is 1. The number of esters is 1. The van der Waals surface area contributed by atoms with E-state index in [-0.39, 0.29) is 5.69 Å². The van der Waals surface area contributed by atoms with Gasteiger partial charge in [-0.05, 0) is 37.1 Å². The Hall–Kier alpha value is -2.60. The second kappa shape index (κ2) is 7.11. The van der Waals surface area contributed by atoms with Crippen molar-refractivity contribution in [2.45, 2.75) is 13.8 Å². The number of nitrogens with one attached hydrogen (secondary N) is 1. The van der Waals surface area contributed by atoms with Gasteiger partial charge in [0.1, 0.15) is 0 Å². The molecule has 0 aliphatic heterocycles. The highest BCUT2D eigenvalue weighted by atomic mass is 35.5. The fraction of sp³-hybridized carbons (Fsp3) is 0.188. The number of benzene rings is 1. The quantitative estimate of drug-likeness (QED) is 0.528. The second-order valence-corrected chi connectivity index (χ2v) is 5.38. The van der Waals surface area contributed by atoms with Crippen molar-refractivity contribution >= 4 is 29.2 Å². The number of carbonyl (C=O) groups is 2. The van der Waals surface area contributed by atoms with E-state index >= 15 is 0 Å². The number of aromatic nitrogens is 1. The number of aryl methyl sites for hydroxylation is 2. The maximum absolute atomic E-state index is 11.9. The van der Waals surface area contributed by atoms with E-state index in [9.17, 15) is 14.8 Å². The predicted molar refractivity (Wildman–Crippen MR) is 85.2 cm³/mol. The van der Waals surface area contributed by atoms with Crippen LogP contribution in [0.15, 0.2) is 36.5 Å². The van der Waals surface area contributed by atoms with Crippen LogP contribution in [-0.2, 0) is 9.53 Å². The molecule has 23 heavy (non-hydrogen) atoms. The maximum Gasteiger partial charge on any atom is 0.405 e. The van der Waals surface area contributed by atoms with Gasteiger partial charge in [-0.25, -0.2) is 4.79 Å². The number of amides is 1. The molecule has 1 aromatic heterocycles. The fourth-order valence-corrected chi connectivity index (χ4v) is 2.41. The highest BCUT2D eigenvalue weighted by molar-refractivity contribution is 6.34. The van der Waals surface area contributed by atoms with E-state index in [1.165, 1.54) is 24.4 Å². The van der Waals surface area contributed by atoms with Gasteiger partial charge in [0.05, 0.1) is 10.7 Å². The molecule has 0 bridgehead atoms. The first-order valence-electron chi connectivity index (χ1n) is 6.80. The number of pyridine rings is 1. The van der Waals surface area contributed by atoms with E-state index in [4.69, 9.17) is 16.3 Å². The first-order valence-corrected chi connectivity index (χ1v) is 7.18. The van der Waals surface area contributed by atoms with Crippen molar-refractivity contribution in [2.75, 3.05) is 11.9 Å². The van der Waals surface area contributed by atoms with Crippen molar-refractivity contribution in [2.24, 2.45) is 0 Å². The van der Waals surface area contributed by atoms with Crippen molar-refractivity contribution in [1.29, 1.82) is 0 Å². The van der Waals surface area contributed by atoms with Gasteiger partial charge < -0.3 is 15.3 Å². The Bertz CT molecular complexity index is 738. The highest BCUT2D eigenvalue weighted by Crippen LogP contribution is 2.27. The molecular formula is C16H15ClN2O4. The molecule has 0 unspecified atom stereocenters. The Morgan fingerprint density at radius 2 is 2.04 bits per heavy atom. The van der Waals surface area contributed by atoms with Crippen LogP contribution in [0.25, 0.3) is 0 Å². The summed E-state index contributed by atoms with van der Waals surface area (Å²) in [7, 11) is 0. The third kappa shape index (κ3) is 4.20. The minimum atomic E-state index is -0.873. The molecule has 2 aromatic rings. The van der Waals surface area contributed by atoms with E-state index in [0.717, 1.165) is 11.1 Å². The molecule has 7 heteroatoms. The van der Waals surface area contributed by atoms with Crippen LogP contribution >= 0.6 is 11.6 Å². The predicted octanol–water partition coefficient (Wildman–Crippen LogP) is 2.39. The van der Waals surface area contributed by atoms with E-state index in [1.54, 1.807) is 6.07 Å². The number of rotatable bonds is 4. The van der Waals surface area contributed by atoms with E-state index < -0.39 is 18.5 Å². The molecule has 0 aliphatic rings. The lowest BCUT2D eigenvalue weighted by Gasteiger charge is -2.11. The zero-order chi connectivity index (χ0) is 17.0. The van der Waals surface area contributed by atoms with Gasteiger partial charge in [-0.1, -0.05) is 17.7 Å². The Labute approximate surface area is 138 Å². The zero-order valence-electron chi connectivity index (χ0n) is 12.6. The van der Waals surface area contributed by atoms with Crippen LogP contribution in [0.3, 0.4) is 0 Å². The van der Waals surface area contributed by atoms with Crippen LogP contribution in [0.5, 0.6) is 0 Å². The highest BCUT2D eigenvalue weighted by Gasteiger charge is 2.18. The Kier molecular flexibility index (Phi) is 5.18. The minimum absolute atomic E-state index is 0.190. The van der Waals surface area contributed by atoms with Gasteiger partial charge in [-0.3, -0.25) is 4.79 Å². The summed E-state index contributed by atoms with van der Waals surface area (Å²) in [5.41, 5.74) is 2.05. The SMILES string of the molecule is Cc1cc(C)c(NC(=O)COC(=O)c2cccc[n+]2[O-])c(Cl)c1. The summed E-state index contributed by atoms with van der Waals surface area (Å²) < 4.78 is 5.21. The topological polar surface area (TPSA) is 82.3 Å². The number of halogens is 1. The van der Waals surface area contributed by atoms with Crippen LogP contribution in [0.1, 0.15) is 21.6 Å². The average molecular weight is 335 g/mol. The number of carbonyl (C=O) groups excluding carboxylic acids is 2.